The van der Waals surface area contributed by atoms with E-state index >= 15 is 0 Å². The third-order valence-electron chi connectivity index (χ3n) is 8.22. The maximum Gasteiger partial charge on any atom is 0.407 e. The number of unbranched alkanes of at least 4 members (excludes halogenated alkanes) is 3. The Morgan fingerprint density at radius 3 is 2.26 bits per heavy atom. The van der Waals surface area contributed by atoms with Gasteiger partial charge in [0.15, 0.2) is 5.78 Å². The summed E-state index contributed by atoms with van der Waals surface area (Å²) in [5.74, 6) is -2.10. The van der Waals surface area contributed by atoms with E-state index in [0.717, 1.165) is 38.5 Å². The quantitative estimate of drug-likeness (QED) is 0.316. The molecule has 4 rings (SSSR count). The van der Waals surface area contributed by atoms with Crippen molar-refractivity contribution >= 4 is 23.8 Å². The summed E-state index contributed by atoms with van der Waals surface area (Å²) in [5.41, 5.74) is -1.25. The van der Waals surface area contributed by atoms with Crippen molar-refractivity contribution in [2.24, 2.45) is 23.7 Å². The summed E-state index contributed by atoms with van der Waals surface area (Å²) >= 11 is 0. The molecule has 0 spiro atoms. The second-order valence-electron chi connectivity index (χ2n) is 10.9. The van der Waals surface area contributed by atoms with Gasteiger partial charge in [0.25, 0.3) is 0 Å². The Kier molecular flexibility index (Phi) is 7.50. The molecular weight excluding hydrogens is 440 g/mol. The number of ether oxygens (including phenoxy) is 1. The first-order valence-electron chi connectivity index (χ1n) is 13.0. The van der Waals surface area contributed by atoms with Gasteiger partial charge in [-0.2, -0.15) is 0 Å². The van der Waals surface area contributed by atoms with Gasteiger partial charge in [0, 0.05) is 5.92 Å². The lowest BCUT2D eigenvalue weighted by Gasteiger charge is -2.26. The molecule has 4 aliphatic carbocycles. The molecule has 2 amide bonds. The van der Waals surface area contributed by atoms with Crippen LogP contribution in [0.3, 0.4) is 0 Å². The van der Waals surface area contributed by atoms with Gasteiger partial charge in [0.1, 0.15) is 11.6 Å². The summed E-state index contributed by atoms with van der Waals surface area (Å²) in [6.45, 7) is 2.09. The van der Waals surface area contributed by atoms with Crippen LogP contribution in [-0.2, 0) is 19.1 Å². The highest BCUT2D eigenvalue weighted by atomic mass is 16.6. The largest absolute Gasteiger partial charge is 0.480 e. The molecule has 0 aromatic heterocycles. The van der Waals surface area contributed by atoms with Gasteiger partial charge >= 0.3 is 12.1 Å². The van der Waals surface area contributed by atoms with E-state index in [2.05, 4.69) is 17.6 Å². The normalized spacial score (nSPS) is 33.5. The number of hydrogen-bond acceptors (Lipinski definition) is 6. The van der Waals surface area contributed by atoms with E-state index in [0.29, 0.717) is 31.1 Å². The minimum Gasteiger partial charge on any atom is -0.480 e. The van der Waals surface area contributed by atoms with Gasteiger partial charge in [-0.15, -0.1) is 0 Å². The van der Waals surface area contributed by atoms with E-state index in [1.165, 1.54) is 6.42 Å². The standard InChI is InChI=1S/C25H38N2O7/c1-2-3-4-5-6-20(26-24(33)34-17-10-14-9-15(14)11-17)21(29)18-12-16(28)13-19(18)22(30)27-25(7-8-25)23(31)32/h14-20,28H,2-13H2,1H3,(H,26,33)(H,27,30)(H,31,32)/t14-,15+,16-,17+,18?,19+,20-/m0/s1. The van der Waals surface area contributed by atoms with Gasteiger partial charge in [-0.05, 0) is 63.2 Å². The number of hydrogen-bond donors (Lipinski definition) is 4. The molecule has 0 radical (unpaired) electrons. The number of carboxylic acids is 1. The first kappa shape index (κ1) is 24.9. The SMILES string of the molecule is CCCCCC[C@H](NC(=O)O[C@@H]1C[C@@H]2C[C@@H]2C1)C(=O)C1C[C@H](O)C[C@H]1C(=O)NC1(C(=O)O)CC1. The van der Waals surface area contributed by atoms with Crippen molar-refractivity contribution in [3.05, 3.63) is 0 Å². The number of ketones is 1. The highest BCUT2D eigenvalue weighted by Crippen LogP contribution is 2.52. The number of rotatable bonds is 12. The van der Waals surface area contributed by atoms with Gasteiger partial charge in [0.2, 0.25) is 5.91 Å². The monoisotopic (exact) mass is 478 g/mol. The molecule has 1 unspecified atom stereocenters. The third kappa shape index (κ3) is 5.73. The number of alkyl carbamates (subject to hydrolysis) is 1. The third-order valence-corrected chi connectivity index (χ3v) is 8.22. The second-order valence-corrected chi connectivity index (χ2v) is 10.9. The van der Waals surface area contributed by atoms with Crippen LogP contribution in [0.4, 0.5) is 4.79 Å². The number of nitrogens with one attached hydrogen (secondary N) is 2. The van der Waals surface area contributed by atoms with Crippen molar-refractivity contribution < 1.29 is 34.1 Å². The molecule has 0 aromatic rings. The van der Waals surface area contributed by atoms with Gasteiger partial charge in [-0.25, -0.2) is 9.59 Å². The smallest absolute Gasteiger partial charge is 0.407 e. The molecule has 0 aliphatic heterocycles. The number of aliphatic carboxylic acids is 1. The van der Waals surface area contributed by atoms with Crippen LogP contribution in [0.25, 0.3) is 0 Å². The van der Waals surface area contributed by atoms with Crippen molar-refractivity contribution in [1.29, 1.82) is 0 Å². The highest BCUT2D eigenvalue weighted by molar-refractivity contribution is 5.96. The summed E-state index contributed by atoms with van der Waals surface area (Å²) in [5, 5.41) is 25.0. The van der Waals surface area contributed by atoms with Gasteiger partial charge in [-0.1, -0.05) is 32.6 Å². The minimum atomic E-state index is -1.25. The zero-order valence-electron chi connectivity index (χ0n) is 20.0. The summed E-state index contributed by atoms with van der Waals surface area (Å²) in [7, 11) is 0. The van der Waals surface area contributed by atoms with Crippen LogP contribution in [0.15, 0.2) is 0 Å². The topological polar surface area (TPSA) is 142 Å². The fourth-order valence-electron chi connectivity index (χ4n) is 5.86. The lowest BCUT2D eigenvalue weighted by atomic mass is 9.86. The lowest BCUT2D eigenvalue weighted by Crippen LogP contribution is -2.50. The van der Waals surface area contributed by atoms with E-state index < -0.39 is 47.5 Å². The second kappa shape index (κ2) is 10.2. The molecule has 4 N–H and O–H groups in total. The molecule has 34 heavy (non-hydrogen) atoms. The van der Waals surface area contributed by atoms with Crippen molar-refractivity contribution in [3.8, 4) is 0 Å². The van der Waals surface area contributed by atoms with Crippen LogP contribution in [0.1, 0.15) is 84.0 Å². The van der Waals surface area contributed by atoms with E-state index in [1.807, 2.05) is 0 Å². The lowest BCUT2D eigenvalue weighted by molar-refractivity contribution is -0.144. The number of amides is 2. The van der Waals surface area contributed by atoms with E-state index in [1.54, 1.807) is 0 Å². The van der Waals surface area contributed by atoms with Crippen LogP contribution in [0, 0.1) is 23.7 Å². The summed E-state index contributed by atoms with van der Waals surface area (Å²) in [4.78, 5) is 50.6. The molecule has 9 heteroatoms. The van der Waals surface area contributed by atoms with Crippen molar-refractivity contribution in [2.45, 2.75) is 108 Å². The number of carboxylic acid groups (broad SMARTS) is 1. The van der Waals surface area contributed by atoms with E-state index in [9.17, 15) is 29.4 Å². The minimum absolute atomic E-state index is 0.0998. The molecule has 4 fully saturated rings. The summed E-state index contributed by atoms with van der Waals surface area (Å²) < 4.78 is 5.58. The van der Waals surface area contributed by atoms with Gasteiger partial charge < -0.3 is 25.6 Å². The predicted molar refractivity (Wildman–Crippen MR) is 122 cm³/mol. The number of Topliss-reactive ketones (excluding diaryl/α,β-unsaturated/α-hetero) is 1. The number of aliphatic hydroxyl groups is 1. The molecule has 0 bridgehead atoms. The molecule has 4 aliphatic rings. The Morgan fingerprint density at radius 2 is 1.65 bits per heavy atom. The highest BCUT2D eigenvalue weighted by Gasteiger charge is 2.54. The number of fused-ring (bicyclic) bond motifs is 1. The molecule has 0 aromatic carbocycles. The van der Waals surface area contributed by atoms with Crippen molar-refractivity contribution in [3.63, 3.8) is 0 Å². The van der Waals surface area contributed by atoms with E-state index in [-0.39, 0.29) is 24.7 Å². The fraction of sp³-hybridized carbons (Fsp3) is 0.840. The van der Waals surface area contributed by atoms with Crippen molar-refractivity contribution in [1.82, 2.24) is 10.6 Å². The van der Waals surface area contributed by atoms with Gasteiger partial charge in [-0.3, -0.25) is 9.59 Å². The zero-order valence-corrected chi connectivity index (χ0v) is 20.0. The average Bonchev–Trinajstić information content (AvgIpc) is 3.65. The summed E-state index contributed by atoms with van der Waals surface area (Å²) in [6.07, 6.45) is 6.64. The maximum absolute atomic E-state index is 13.5. The van der Waals surface area contributed by atoms with Crippen LogP contribution < -0.4 is 10.6 Å². The average molecular weight is 479 g/mol. The first-order chi connectivity index (χ1) is 16.2. The maximum atomic E-state index is 13.5. The van der Waals surface area contributed by atoms with Crippen LogP contribution in [-0.4, -0.2) is 57.8 Å². The van der Waals surface area contributed by atoms with Crippen LogP contribution in [0.5, 0.6) is 0 Å². The molecule has 0 saturated heterocycles. The van der Waals surface area contributed by atoms with E-state index in [4.69, 9.17) is 4.74 Å². The summed E-state index contributed by atoms with van der Waals surface area (Å²) in [6, 6.07) is -0.791. The predicted octanol–water partition coefficient (Wildman–Crippen LogP) is 2.54. The fourth-order valence-corrected chi connectivity index (χ4v) is 5.86. The van der Waals surface area contributed by atoms with Gasteiger partial charge in [0.05, 0.1) is 18.1 Å². The Bertz CT molecular complexity index is 801. The van der Waals surface area contributed by atoms with Crippen LogP contribution in [0.2, 0.25) is 0 Å². The molecule has 4 saturated carbocycles. The molecular formula is C25H38N2O7. The Hall–Kier alpha value is -2.16. The molecule has 0 heterocycles. The number of carbonyl (C=O) groups is 4. The number of carbonyl (C=O) groups excluding carboxylic acids is 3. The Labute approximate surface area is 200 Å². The molecule has 190 valence electrons. The molecule has 9 nitrogen and oxygen atoms in total. The Morgan fingerprint density at radius 1 is 0.971 bits per heavy atom. The van der Waals surface area contributed by atoms with Crippen LogP contribution >= 0.6 is 0 Å². The number of aliphatic hydroxyl groups excluding tert-OH is 1. The Balaban J connectivity index is 1.39. The first-order valence-corrected chi connectivity index (χ1v) is 13.0. The van der Waals surface area contributed by atoms with Crippen molar-refractivity contribution in [2.75, 3.05) is 0 Å². The zero-order chi connectivity index (χ0) is 24.5. The molecule has 7 atom stereocenters.